The minimum absolute atomic E-state index is 0. The van der Waals surface area contributed by atoms with Gasteiger partial charge in [-0.3, -0.25) is 0 Å². The minimum atomic E-state index is -4.45. The summed E-state index contributed by atoms with van der Waals surface area (Å²) in [6.45, 7) is 1.30. The molecular formula is C17H16Cl2F3NO. The highest BCUT2D eigenvalue weighted by Crippen LogP contribution is 2.40. The SMILES string of the molecule is Cl.FC(F)(F)c1c(COC2CNC2)cccc1-c1ccc(Cl)cc1. The van der Waals surface area contributed by atoms with Crippen LogP contribution >= 0.6 is 24.0 Å². The fourth-order valence-corrected chi connectivity index (χ4v) is 2.64. The van der Waals surface area contributed by atoms with E-state index in [2.05, 4.69) is 5.32 Å². The molecule has 0 atom stereocenters. The summed E-state index contributed by atoms with van der Waals surface area (Å²) >= 11 is 5.82. The van der Waals surface area contributed by atoms with Crippen LogP contribution < -0.4 is 5.32 Å². The van der Waals surface area contributed by atoms with Crippen LogP contribution in [0.2, 0.25) is 5.02 Å². The van der Waals surface area contributed by atoms with E-state index in [1.54, 1.807) is 30.3 Å². The Morgan fingerprint density at radius 2 is 1.75 bits per heavy atom. The molecule has 2 aromatic carbocycles. The topological polar surface area (TPSA) is 21.3 Å². The van der Waals surface area contributed by atoms with Crippen molar-refractivity contribution >= 4 is 24.0 Å². The predicted octanol–water partition coefficient (Wildman–Crippen LogP) is 4.94. The summed E-state index contributed by atoms with van der Waals surface area (Å²) < 4.78 is 46.3. The van der Waals surface area contributed by atoms with Gasteiger partial charge in [0.1, 0.15) is 0 Å². The van der Waals surface area contributed by atoms with Crippen LogP contribution in [-0.4, -0.2) is 19.2 Å². The number of halogens is 5. The average Bonchev–Trinajstić information content (AvgIpc) is 2.45. The summed E-state index contributed by atoms with van der Waals surface area (Å²) in [5.74, 6) is 0. The Morgan fingerprint density at radius 1 is 1.08 bits per heavy atom. The lowest BCUT2D eigenvalue weighted by Gasteiger charge is -2.28. The lowest BCUT2D eigenvalue weighted by atomic mass is 9.95. The summed E-state index contributed by atoms with van der Waals surface area (Å²) in [6.07, 6.45) is -4.47. The van der Waals surface area contributed by atoms with Gasteiger partial charge in [-0.1, -0.05) is 41.9 Å². The standard InChI is InChI=1S/C17H15ClF3NO.ClH/c18-13-6-4-11(5-7-13)15-3-1-2-12(16(15)17(19,20)21)10-23-14-8-22-9-14;/h1-7,14,22H,8-10H2;1H. The van der Waals surface area contributed by atoms with Crippen LogP contribution in [0, 0.1) is 0 Å². The molecule has 0 saturated carbocycles. The monoisotopic (exact) mass is 377 g/mol. The smallest absolute Gasteiger partial charge is 0.371 e. The highest BCUT2D eigenvalue weighted by Gasteiger charge is 2.36. The van der Waals surface area contributed by atoms with E-state index in [0.717, 1.165) is 0 Å². The largest absolute Gasteiger partial charge is 0.417 e. The van der Waals surface area contributed by atoms with Crippen molar-refractivity contribution < 1.29 is 17.9 Å². The third-order valence-corrected chi connectivity index (χ3v) is 4.06. The number of nitrogens with one attached hydrogen (secondary N) is 1. The Kier molecular flexibility index (Phi) is 6.15. The Labute approximate surface area is 149 Å². The molecule has 130 valence electrons. The van der Waals surface area contributed by atoms with Crippen LogP contribution in [-0.2, 0) is 17.5 Å². The molecule has 1 fully saturated rings. The van der Waals surface area contributed by atoms with Crippen LogP contribution in [0.15, 0.2) is 42.5 Å². The van der Waals surface area contributed by atoms with Gasteiger partial charge in [0, 0.05) is 18.1 Å². The zero-order chi connectivity index (χ0) is 16.4. The molecule has 0 aliphatic carbocycles. The molecule has 1 saturated heterocycles. The van der Waals surface area contributed by atoms with E-state index >= 15 is 0 Å². The van der Waals surface area contributed by atoms with Crippen LogP contribution in [0.3, 0.4) is 0 Å². The van der Waals surface area contributed by atoms with Gasteiger partial charge in [0.2, 0.25) is 0 Å². The molecule has 0 bridgehead atoms. The van der Waals surface area contributed by atoms with Crippen molar-refractivity contribution in [2.24, 2.45) is 0 Å². The number of benzene rings is 2. The van der Waals surface area contributed by atoms with Crippen LogP contribution in [0.4, 0.5) is 13.2 Å². The minimum Gasteiger partial charge on any atom is -0.371 e. The lowest BCUT2D eigenvalue weighted by molar-refractivity contribution is -0.138. The number of ether oxygens (including phenoxy) is 1. The second-order valence-electron chi connectivity index (χ2n) is 5.44. The maximum absolute atomic E-state index is 13.6. The quantitative estimate of drug-likeness (QED) is 0.814. The van der Waals surface area contributed by atoms with Gasteiger partial charge >= 0.3 is 6.18 Å². The first kappa shape index (κ1) is 19.1. The van der Waals surface area contributed by atoms with Gasteiger partial charge in [-0.05, 0) is 28.8 Å². The number of hydrogen-bond donors (Lipinski definition) is 1. The highest BCUT2D eigenvalue weighted by atomic mass is 35.5. The van der Waals surface area contributed by atoms with Crippen molar-refractivity contribution in [3.8, 4) is 11.1 Å². The molecule has 3 rings (SSSR count). The summed E-state index contributed by atoms with van der Waals surface area (Å²) in [6, 6.07) is 10.9. The molecule has 1 aliphatic rings. The average molecular weight is 378 g/mol. The summed E-state index contributed by atoms with van der Waals surface area (Å²) in [5, 5.41) is 3.51. The first-order valence-corrected chi connectivity index (χ1v) is 7.60. The highest BCUT2D eigenvalue weighted by molar-refractivity contribution is 6.30. The molecule has 0 spiro atoms. The molecule has 2 nitrogen and oxygen atoms in total. The summed E-state index contributed by atoms with van der Waals surface area (Å²) in [7, 11) is 0. The Balaban J connectivity index is 0.00000208. The second kappa shape index (κ2) is 7.74. The van der Waals surface area contributed by atoms with Crippen molar-refractivity contribution in [3.05, 3.63) is 58.6 Å². The molecule has 0 amide bonds. The Hall–Kier alpha value is -1.27. The number of hydrogen-bond acceptors (Lipinski definition) is 2. The lowest BCUT2D eigenvalue weighted by Crippen LogP contribution is -2.48. The molecule has 24 heavy (non-hydrogen) atoms. The first-order valence-electron chi connectivity index (χ1n) is 7.22. The second-order valence-corrected chi connectivity index (χ2v) is 5.87. The normalized spacial score (nSPS) is 14.8. The molecule has 0 radical (unpaired) electrons. The van der Waals surface area contributed by atoms with Crippen molar-refractivity contribution in [2.45, 2.75) is 18.9 Å². The van der Waals surface area contributed by atoms with E-state index in [4.69, 9.17) is 16.3 Å². The van der Waals surface area contributed by atoms with E-state index in [-0.39, 0.29) is 36.2 Å². The molecule has 2 aromatic rings. The maximum Gasteiger partial charge on any atom is 0.417 e. The molecule has 1 N–H and O–H groups in total. The molecule has 7 heteroatoms. The van der Waals surface area contributed by atoms with Crippen molar-refractivity contribution in [2.75, 3.05) is 13.1 Å². The van der Waals surface area contributed by atoms with Crippen molar-refractivity contribution in [3.63, 3.8) is 0 Å². The molecule has 0 unspecified atom stereocenters. The van der Waals surface area contributed by atoms with Crippen molar-refractivity contribution in [1.29, 1.82) is 0 Å². The molecule has 1 heterocycles. The van der Waals surface area contributed by atoms with Gasteiger partial charge in [-0.2, -0.15) is 13.2 Å². The zero-order valence-electron chi connectivity index (χ0n) is 12.6. The van der Waals surface area contributed by atoms with Gasteiger partial charge in [0.15, 0.2) is 0 Å². The summed E-state index contributed by atoms with van der Waals surface area (Å²) in [4.78, 5) is 0. The van der Waals surface area contributed by atoms with E-state index in [9.17, 15) is 13.2 Å². The van der Waals surface area contributed by atoms with Gasteiger partial charge in [-0.25, -0.2) is 0 Å². The third-order valence-electron chi connectivity index (χ3n) is 3.81. The van der Waals surface area contributed by atoms with Crippen LogP contribution in [0.25, 0.3) is 11.1 Å². The van der Waals surface area contributed by atoms with Crippen LogP contribution in [0.5, 0.6) is 0 Å². The molecule has 0 aromatic heterocycles. The van der Waals surface area contributed by atoms with Gasteiger partial charge in [-0.15, -0.1) is 12.4 Å². The van der Waals surface area contributed by atoms with E-state index < -0.39 is 11.7 Å². The van der Waals surface area contributed by atoms with E-state index in [1.165, 1.54) is 12.1 Å². The zero-order valence-corrected chi connectivity index (χ0v) is 14.1. The van der Waals surface area contributed by atoms with Gasteiger partial charge in [0.25, 0.3) is 0 Å². The maximum atomic E-state index is 13.6. The number of rotatable bonds is 4. The fraction of sp³-hybridized carbons (Fsp3) is 0.294. The number of alkyl halides is 3. The first-order chi connectivity index (χ1) is 10.9. The summed E-state index contributed by atoms with van der Waals surface area (Å²) in [5.41, 5.74) is 0.127. The van der Waals surface area contributed by atoms with E-state index in [0.29, 0.717) is 23.7 Å². The molecule has 1 aliphatic heterocycles. The van der Waals surface area contributed by atoms with Crippen LogP contribution in [0.1, 0.15) is 11.1 Å². The fourth-order valence-electron chi connectivity index (χ4n) is 2.51. The van der Waals surface area contributed by atoms with Gasteiger partial charge in [0.05, 0.1) is 18.3 Å². The van der Waals surface area contributed by atoms with Crippen molar-refractivity contribution in [1.82, 2.24) is 5.32 Å². The third kappa shape index (κ3) is 4.22. The van der Waals surface area contributed by atoms with E-state index in [1.807, 2.05) is 0 Å². The van der Waals surface area contributed by atoms with Gasteiger partial charge < -0.3 is 10.1 Å². The molecular weight excluding hydrogens is 362 g/mol. The Morgan fingerprint density at radius 3 is 2.29 bits per heavy atom. The Bertz CT molecular complexity index is 685. The predicted molar refractivity (Wildman–Crippen MR) is 90.6 cm³/mol.